The molecular formula is C3H8ClN5. The number of halogens is 1. The molecule has 0 bridgehead atoms. The van der Waals surface area contributed by atoms with E-state index in [-0.39, 0.29) is 12.4 Å². The van der Waals surface area contributed by atoms with E-state index in [0.717, 1.165) is 0 Å². The Balaban J connectivity index is 0.000000640. The van der Waals surface area contributed by atoms with Gasteiger partial charge in [0, 0.05) is 7.05 Å². The van der Waals surface area contributed by atoms with E-state index in [1.165, 1.54) is 4.80 Å². The third kappa shape index (κ3) is 1.85. The average Bonchev–Trinajstić information content (AvgIpc) is 2.14. The summed E-state index contributed by atoms with van der Waals surface area (Å²) in [6.07, 6.45) is 0. The first kappa shape index (κ1) is 8.16. The van der Waals surface area contributed by atoms with Crippen LogP contribution in [0.2, 0.25) is 0 Å². The number of hydrogen-bond donors (Lipinski definition) is 1. The average molecular weight is 150 g/mol. The molecule has 0 radical (unpaired) electrons. The van der Waals surface area contributed by atoms with Crippen LogP contribution in [0.4, 0.5) is 5.95 Å². The van der Waals surface area contributed by atoms with Gasteiger partial charge >= 0.3 is 0 Å². The number of aromatic nitrogens is 4. The van der Waals surface area contributed by atoms with Crippen LogP contribution in [0.5, 0.6) is 0 Å². The molecule has 0 aliphatic carbocycles. The first-order chi connectivity index (χ1) is 3.83. The highest BCUT2D eigenvalue weighted by Gasteiger charge is 1.90. The fraction of sp³-hybridized carbons (Fsp3) is 0.667. The van der Waals surface area contributed by atoms with Crippen molar-refractivity contribution < 1.29 is 0 Å². The van der Waals surface area contributed by atoms with Crippen molar-refractivity contribution in [2.45, 2.75) is 0 Å². The van der Waals surface area contributed by atoms with Crippen LogP contribution in [0.25, 0.3) is 0 Å². The highest BCUT2D eigenvalue weighted by Crippen LogP contribution is 1.85. The molecule has 0 aliphatic heterocycles. The maximum atomic E-state index is 3.81. The third-order valence-electron chi connectivity index (χ3n) is 0.732. The largest absolute Gasteiger partial charge is 0.355 e. The Morgan fingerprint density at radius 3 is 2.44 bits per heavy atom. The van der Waals surface area contributed by atoms with Gasteiger partial charge in [0.2, 0.25) is 0 Å². The van der Waals surface area contributed by atoms with Crippen LogP contribution < -0.4 is 5.32 Å². The van der Waals surface area contributed by atoms with Crippen LogP contribution in [0.3, 0.4) is 0 Å². The van der Waals surface area contributed by atoms with Gasteiger partial charge in [0.15, 0.2) is 0 Å². The second-order valence-electron chi connectivity index (χ2n) is 1.35. The van der Waals surface area contributed by atoms with Crippen molar-refractivity contribution in [1.82, 2.24) is 20.2 Å². The van der Waals surface area contributed by atoms with Gasteiger partial charge in [0.05, 0.1) is 7.05 Å². The van der Waals surface area contributed by atoms with Crippen molar-refractivity contribution >= 4 is 18.4 Å². The summed E-state index contributed by atoms with van der Waals surface area (Å²) in [4.78, 5) is 1.39. The molecule has 9 heavy (non-hydrogen) atoms. The van der Waals surface area contributed by atoms with E-state index in [2.05, 4.69) is 20.7 Å². The molecule has 0 saturated carbocycles. The highest BCUT2D eigenvalue weighted by atomic mass is 35.5. The lowest BCUT2D eigenvalue weighted by Gasteiger charge is -1.82. The lowest BCUT2D eigenvalue weighted by molar-refractivity contribution is 0.630. The molecule has 1 aromatic rings. The summed E-state index contributed by atoms with van der Waals surface area (Å²) in [5.41, 5.74) is 0. The standard InChI is InChI=1S/C3H7N5.ClH/c1-4-3-5-7-8(2)6-3;/h1-2H3,(H,4,6);1H. The van der Waals surface area contributed by atoms with Crippen molar-refractivity contribution in [2.75, 3.05) is 12.4 Å². The molecule has 1 aromatic heterocycles. The molecule has 6 heteroatoms. The predicted molar refractivity (Wildman–Crippen MR) is 35.6 cm³/mol. The smallest absolute Gasteiger partial charge is 0.263 e. The molecule has 0 spiro atoms. The Morgan fingerprint density at radius 2 is 2.22 bits per heavy atom. The van der Waals surface area contributed by atoms with Crippen molar-refractivity contribution in [3.8, 4) is 0 Å². The fourth-order valence-electron chi connectivity index (χ4n) is 0.384. The Morgan fingerprint density at radius 1 is 1.56 bits per heavy atom. The fourth-order valence-corrected chi connectivity index (χ4v) is 0.384. The second-order valence-corrected chi connectivity index (χ2v) is 1.35. The number of nitrogens with zero attached hydrogens (tertiary/aromatic N) is 4. The van der Waals surface area contributed by atoms with E-state index in [9.17, 15) is 0 Å². The Bertz CT molecular complexity index is 172. The molecule has 0 unspecified atom stereocenters. The molecule has 0 fully saturated rings. The number of tetrazole rings is 1. The maximum absolute atomic E-state index is 3.81. The van der Waals surface area contributed by atoms with Gasteiger partial charge in [-0.15, -0.1) is 17.5 Å². The first-order valence-electron chi connectivity index (χ1n) is 2.24. The summed E-state index contributed by atoms with van der Waals surface area (Å²) < 4.78 is 0. The van der Waals surface area contributed by atoms with Gasteiger partial charge in [0.1, 0.15) is 0 Å². The zero-order valence-electron chi connectivity index (χ0n) is 5.20. The van der Waals surface area contributed by atoms with E-state index in [4.69, 9.17) is 0 Å². The van der Waals surface area contributed by atoms with Gasteiger partial charge in [-0.2, -0.15) is 4.80 Å². The topological polar surface area (TPSA) is 55.6 Å². The summed E-state index contributed by atoms with van der Waals surface area (Å²) in [7, 11) is 3.46. The van der Waals surface area contributed by atoms with E-state index >= 15 is 0 Å². The third-order valence-corrected chi connectivity index (χ3v) is 0.732. The van der Waals surface area contributed by atoms with Crippen LogP contribution in [0.15, 0.2) is 0 Å². The minimum atomic E-state index is 0. The molecule has 1 rings (SSSR count). The Kier molecular flexibility index (Phi) is 2.94. The maximum Gasteiger partial charge on any atom is 0.263 e. The van der Waals surface area contributed by atoms with Gasteiger partial charge < -0.3 is 5.32 Å². The van der Waals surface area contributed by atoms with Crippen LogP contribution >= 0.6 is 12.4 Å². The quantitative estimate of drug-likeness (QED) is 0.595. The summed E-state index contributed by atoms with van der Waals surface area (Å²) in [6.45, 7) is 0. The van der Waals surface area contributed by atoms with Crippen molar-refractivity contribution in [2.24, 2.45) is 7.05 Å². The van der Waals surface area contributed by atoms with E-state index in [1.807, 2.05) is 0 Å². The molecule has 0 amide bonds. The Hall–Kier alpha value is -0.840. The molecule has 0 saturated heterocycles. The molecule has 5 nitrogen and oxygen atoms in total. The lowest BCUT2D eigenvalue weighted by atomic mass is 11.0. The van der Waals surface area contributed by atoms with Crippen LogP contribution in [0.1, 0.15) is 0 Å². The van der Waals surface area contributed by atoms with Crippen molar-refractivity contribution in [1.29, 1.82) is 0 Å². The lowest BCUT2D eigenvalue weighted by Crippen LogP contribution is -1.93. The first-order valence-corrected chi connectivity index (χ1v) is 2.24. The number of rotatable bonds is 1. The zero-order valence-corrected chi connectivity index (χ0v) is 6.01. The van der Waals surface area contributed by atoms with Gasteiger partial charge in [0.25, 0.3) is 5.95 Å². The minimum Gasteiger partial charge on any atom is -0.355 e. The van der Waals surface area contributed by atoms with E-state index < -0.39 is 0 Å². The predicted octanol–water partition coefficient (Wildman–Crippen LogP) is -0.326. The normalized spacial score (nSPS) is 8.22. The second kappa shape index (κ2) is 3.24. The SMILES string of the molecule is CNc1nnn(C)n1.Cl. The Labute approximate surface area is 58.8 Å². The monoisotopic (exact) mass is 149 g/mol. The van der Waals surface area contributed by atoms with Crippen molar-refractivity contribution in [3.63, 3.8) is 0 Å². The van der Waals surface area contributed by atoms with Crippen LogP contribution in [-0.4, -0.2) is 27.3 Å². The molecule has 1 N–H and O–H groups in total. The van der Waals surface area contributed by atoms with Gasteiger partial charge in [-0.05, 0) is 5.21 Å². The van der Waals surface area contributed by atoms with Gasteiger partial charge in [-0.25, -0.2) is 0 Å². The summed E-state index contributed by atoms with van der Waals surface area (Å²) in [6, 6.07) is 0. The number of nitrogens with one attached hydrogen (secondary N) is 1. The zero-order chi connectivity index (χ0) is 5.98. The van der Waals surface area contributed by atoms with Crippen molar-refractivity contribution in [3.05, 3.63) is 0 Å². The van der Waals surface area contributed by atoms with Crippen LogP contribution in [-0.2, 0) is 7.05 Å². The summed E-state index contributed by atoms with van der Waals surface area (Å²) in [5.74, 6) is 0.549. The molecule has 52 valence electrons. The molecule has 1 heterocycles. The van der Waals surface area contributed by atoms with Crippen LogP contribution in [0, 0.1) is 0 Å². The molecule has 0 atom stereocenters. The van der Waals surface area contributed by atoms with Gasteiger partial charge in [-0.3, -0.25) is 0 Å². The van der Waals surface area contributed by atoms with E-state index in [0.29, 0.717) is 5.95 Å². The minimum absolute atomic E-state index is 0. The molecule has 0 aliphatic rings. The van der Waals surface area contributed by atoms with Gasteiger partial charge in [-0.1, -0.05) is 5.10 Å². The number of aryl methyl sites for hydroxylation is 1. The molecular weight excluding hydrogens is 142 g/mol. The highest BCUT2D eigenvalue weighted by molar-refractivity contribution is 5.85. The number of anilines is 1. The number of hydrogen-bond acceptors (Lipinski definition) is 4. The summed E-state index contributed by atoms with van der Waals surface area (Å²) >= 11 is 0. The van der Waals surface area contributed by atoms with E-state index in [1.54, 1.807) is 14.1 Å². The summed E-state index contributed by atoms with van der Waals surface area (Å²) in [5, 5.41) is 13.8. The molecule has 0 aromatic carbocycles.